The number of nitro benzene ring substituents is 1. The fourth-order valence-corrected chi connectivity index (χ4v) is 5.03. The molecule has 0 aromatic heterocycles. The fourth-order valence-electron chi connectivity index (χ4n) is 3.83. The molecule has 3 aliphatic heterocycles. The van der Waals surface area contributed by atoms with Crippen LogP contribution < -0.4 is 4.90 Å². The van der Waals surface area contributed by atoms with Crippen LogP contribution in [0.4, 0.5) is 11.4 Å². The molecule has 2 bridgehead atoms. The highest BCUT2D eigenvalue weighted by atomic mass is 32.2. The molecule has 2 atom stereocenters. The predicted octanol–water partition coefficient (Wildman–Crippen LogP) is 0.443. The van der Waals surface area contributed by atoms with Crippen LogP contribution in [0.2, 0.25) is 0 Å². The molecule has 2 unspecified atom stereocenters. The molecule has 140 valence electrons. The second-order valence-corrected chi connectivity index (χ2v) is 9.20. The molecule has 3 heterocycles. The van der Waals surface area contributed by atoms with Crippen molar-refractivity contribution in [3.8, 4) is 0 Å². The summed E-state index contributed by atoms with van der Waals surface area (Å²) in [6.45, 7) is 1.43. The Morgan fingerprint density at radius 1 is 1.27 bits per heavy atom. The van der Waals surface area contributed by atoms with Crippen LogP contribution in [0.5, 0.6) is 0 Å². The first-order valence-corrected chi connectivity index (χ1v) is 10.3. The molecule has 4 rings (SSSR count). The van der Waals surface area contributed by atoms with E-state index in [9.17, 15) is 23.3 Å². The van der Waals surface area contributed by atoms with Gasteiger partial charge in [0.1, 0.15) is 0 Å². The molecule has 0 radical (unpaired) electrons. The summed E-state index contributed by atoms with van der Waals surface area (Å²) in [5.74, 6) is -0.388. The lowest BCUT2D eigenvalue weighted by atomic mass is 10.1. The van der Waals surface area contributed by atoms with Gasteiger partial charge in [0.2, 0.25) is 0 Å². The molecule has 9 nitrogen and oxygen atoms in total. The molecule has 3 aliphatic rings. The topological polar surface area (TPSA) is 110 Å². The highest BCUT2D eigenvalue weighted by Gasteiger charge is 2.41. The Hall–Kier alpha value is -2.20. The number of amides is 1. The highest BCUT2D eigenvalue weighted by molar-refractivity contribution is 7.91. The summed E-state index contributed by atoms with van der Waals surface area (Å²) in [5.41, 5.74) is 0.845. The number of morpholine rings is 1. The summed E-state index contributed by atoms with van der Waals surface area (Å²) in [4.78, 5) is 27.2. The quantitative estimate of drug-likeness (QED) is 0.552. The third-order valence-electron chi connectivity index (χ3n) is 5.26. The average Bonchev–Trinajstić information content (AvgIpc) is 3.24. The lowest BCUT2D eigenvalue weighted by Gasteiger charge is -2.32. The highest BCUT2D eigenvalue weighted by Crippen LogP contribution is 2.36. The number of rotatable bonds is 3. The van der Waals surface area contributed by atoms with Crippen molar-refractivity contribution in [3.63, 3.8) is 0 Å². The summed E-state index contributed by atoms with van der Waals surface area (Å²) < 4.78 is 28.8. The van der Waals surface area contributed by atoms with E-state index < -0.39 is 14.8 Å². The van der Waals surface area contributed by atoms with E-state index in [0.717, 1.165) is 6.42 Å². The second kappa shape index (κ2) is 6.20. The van der Waals surface area contributed by atoms with Crippen LogP contribution in [0.1, 0.15) is 16.8 Å². The molecule has 3 saturated heterocycles. The zero-order chi connectivity index (χ0) is 18.5. The first-order valence-electron chi connectivity index (χ1n) is 8.50. The van der Waals surface area contributed by atoms with Crippen molar-refractivity contribution in [2.75, 3.05) is 42.6 Å². The molecule has 1 aromatic rings. The fraction of sp³-hybridized carbons (Fsp3) is 0.562. The molecule has 0 spiro atoms. The van der Waals surface area contributed by atoms with Crippen LogP contribution in [0.25, 0.3) is 0 Å². The van der Waals surface area contributed by atoms with Gasteiger partial charge >= 0.3 is 0 Å². The number of ether oxygens (including phenoxy) is 1. The SMILES string of the molecule is O=C(c1ccc([N+](=O)[O-])cc1N1CC2CC1CO2)N1CCS(=O)(=O)CC1. The van der Waals surface area contributed by atoms with Crippen molar-refractivity contribution in [3.05, 3.63) is 33.9 Å². The predicted molar refractivity (Wildman–Crippen MR) is 93.1 cm³/mol. The van der Waals surface area contributed by atoms with Gasteiger partial charge < -0.3 is 14.5 Å². The first-order chi connectivity index (χ1) is 12.3. The standard InChI is InChI=1S/C16H19N3O6S/c20-16(17-3-5-26(23,24)6-4-17)14-2-1-11(19(21)22)8-15(14)18-9-13-7-12(18)10-25-13/h1-2,8,12-13H,3-7,9-10H2. The maximum absolute atomic E-state index is 13.0. The molecule has 0 saturated carbocycles. The van der Waals surface area contributed by atoms with Crippen LogP contribution in [-0.4, -0.2) is 74.0 Å². The molecule has 0 aliphatic carbocycles. The molecule has 10 heteroatoms. The minimum Gasteiger partial charge on any atom is -0.374 e. The van der Waals surface area contributed by atoms with E-state index in [2.05, 4.69) is 0 Å². The molecule has 1 amide bonds. The van der Waals surface area contributed by atoms with Crippen LogP contribution in [0, 0.1) is 10.1 Å². The lowest BCUT2D eigenvalue weighted by Crippen LogP contribution is -2.44. The van der Waals surface area contributed by atoms with E-state index in [1.54, 1.807) is 0 Å². The van der Waals surface area contributed by atoms with Gasteiger partial charge in [-0.3, -0.25) is 14.9 Å². The summed E-state index contributed by atoms with van der Waals surface area (Å²) in [5, 5.41) is 11.2. The number of carbonyl (C=O) groups is 1. The van der Waals surface area contributed by atoms with Gasteiger partial charge in [-0.25, -0.2) is 8.42 Å². The molecular weight excluding hydrogens is 362 g/mol. The van der Waals surface area contributed by atoms with Gasteiger partial charge in [-0.05, 0) is 12.5 Å². The van der Waals surface area contributed by atoms with Crippen molar-refractivity contribution < 1.29 is 22.9 Å². The number of fused-ring (bicyclic) bond motifs is 2. The summed E-state index contributed by atoms with van der Waals surface area (Å²) in [6, 6.07) is 4.35. The van der Waals surface area contributed by atoms with Gasteiger partial charge in [0.05, 0.1) is 46.4 Å². The smallest absolute Gasteiger partial charge is 0.271 e. The van der Waals surface area contributed by atoms with Gasteiger partial charge in [-0.1, -0.05) is 0 Å². The van der Waals surface area contributed by atoms with Gasteiger partial charge in [-0.15, -0.1) is 0 Å². The number of nitro groups is 1. The second-order valence-electron chi connectivity index (χ2n) is 6.90. The van der Waals surface area contributed by atoms with Crippen LogP contribution >= 0.6 is 0 Å². The Labute approximate surface area is 150 Å². The number of hydrogen-bond acceptors (Lipinski definition) is 7. The Morgan fingerprint density at radius 2 is 2.00 bits per heavy atom. The van der Waals surface area contributed by atoms with E-state index in [0.29, 0.717) is 24.4 Å². The van der Waals surface area contributed by atoms with Crippen molar-refractivity contribution in [2.45, 2.75) is 18.6 Å². The molecule has 26 heavy (non-hydrogen) atoms. The maximum Gasteiger partial charge on any atom is 0.271 e. The molecule has 1 aromatic carbocycles. The van der Waals surface area contributed by atoms with E-state index in [1.165, 1.54) is 23.1 Å². The van der Waals surface area contributed by atoms with Crippen LogP contribution in [-0.2, 0) is 14.6 Å². The number of hydrogen-bond donors (Lipinski definition) is 0. The van der Waals surface area contributed by atoms with Crippen LogP contribution in [0.15, 0.2) is 18.2 Å². The summed E-state index contributed by atoms with van der Waals surface area (Å²) >= 11 is 0. The molecular formula is C16H19N3O6S. The number of non-ortho nitro benzene ring substituents is 1. The largest absolute Gasteiger partial charge is 0.374 e. The van der Waals surface area contributed by atoms with Crippen molar-refractivity contribution >= 4 is 27.1 Å². The van der Waals surface area contributed by atoms with E-state index in [-0.39, 0.29) is 48.3 Å². The maximum atomic E-state index is 13.0. The third-order valence-corrected chi connectivity index (χ3v) is 6.87. The Bertz CT molecular complexity index is 857. The van der Waals surface area contributed by atoms with Crippen LogP contribution in [0.3, 0.4) is 0 Å². The molecule has 3 fully saturated rings. The summed E-state index contributed by atoms with van der Waals surface area (Å²) in [7, 11) is -3.09. The lowest BCUT2D eigenvalue weighted by molar-refractivity contribution is -0.384. The van der Waals surface area contributed by atoms with E-state index >= 15 is 0 Å². The molecule has 0 N–H and O–H groups in total. The van der Waals surface area contributed by atoms with Gasteiger partial charge in [-0.2, -0.15) is 0 Å². The number of anilines is 1. The summed E-state index contributed by atoms with van der Waals surface area (Å²) in [6.07, 6.45) is 0.931. The first kappa shape index (κ1) is 17.2. The number of carbonyl (C=O) groups excluding carboxylic acids is 1. The minimum absolute atomic E-state index is 0.0523. The number of nitrogens with zero attached hydrogens (tertiary/aromatic N) is 3. The zero-order valence-corrected chi connectivity index (χ0v) is 14.9. The third kappa shape index (κ3) is 3.03. The van der Waals surface area contributed by atoms with E-state index in [4.69, 9.17) is 4.74 Å². The zero-order valence-electron chi connectivity index (χ0n) is 14.0. The normalized spacial score (nSPS) is 26.9. The Kier molecular flexibility index (Phi) is 4.11. The van der Waals surface area contributed by atoms with Gasteiger partial charge in [0.25, 0.3) is 11.6 Å². The Balaban J connectivity index is 1.67. The number of sulfone groups is 1. The van der Waals surface area contributed by atoms with Crippen molar-refractivity contribution in [2.24, 2.45) is 0 Å². The minimum atomic E-state index is -3.09. The average molecular weight is 381 g/mol. The monoisotopic (exact) mass is 381 g/mol. The number of benzene rings is 1. The van der Waals surface area contributed by atoms with Gasteiger partial charge in [0.15, 0.2) is 9.84 Å². The van der Waals surface area contributed by atoms with Crippen molar-refractivity contribution in [1.29, 1.82) is 0 Å². The van der Waals surface area contributed by atoms with E-state index in [1.807, 2.05) is 4.90 Å². The Morgan fingerprint density at radius 3 is 2.58 bits per heavy atom. The van der Waals surface area contributed by atoms with Crippen molar-refractivity contribution in [1.82, 2.24) is 4.90 Å². The van der Waals surface area contributed by atoms with Gasteiger partial charge in [0, 0.05) is 31.8 Å².